The van der Waals surface area contributed by atoms with Gasteiger partial charge in [-0.3, -0.25) is 14.5 Å². The van der Waals surface area contributed by atoms with Gasteiger partial charge in [0.25, 0.3) is 5.91 Å². The molecule has 9 nitrogen and oxygen atoms in total. The van der Waals surface area contributed by atoms with Crippen molar-refractivity contribution >= 4 is 27.5 Å². The van der Waals surface area contributed by atoms with Crippen molar-refractivity contribution in [2.45, 2.75) is 18.0 Å². The molecule has 2 aromatic carbocycles. The molecule has 0 radical (unpaired) electrons. The van der Waals surface area contributed by atoms with E-state index in [0.29, 0.717) is 30.1 Å². The molecule has 0 spiro atoms. The van der Waals surface area contributed by atoms with Crippen molar-refractivity contribution in [2.24, 2.45) is 5.14 Å². The zero-order chi connectivity index (χ0) is 23.1. The van der Waals surface area contributed by atoms with Gasteiger partial charge in [-0.25, -0.2) is 13.6 Å². The van der Waals surface area contributed by atoms with Crippen LogP contribution >= 0.6 is 0 Å². The van der Waals surface area contributed by atoms with Gasteiger partial charge in [-0.2, -0.15) is 0 Å². The number of nitrogens with one attached hydrogen (secondary N) is 2. The Labute approximate surface area is 186 Å². The number of carbonyl (C=O) groups excluding carboxylic acids is 2. The van der Waals surface area contributed by atoms with Crippen LogP contribution in [0.3, 0.4) is 0 Å². The summed E-state index contributed by atoms with van der Waals surface area (Å²) in [5.41, 5.74) is 1.78. The molecule has 1 aromatic heterocycles. The predicted molar refractivity (Wildman–Crippen MR) is 119 cm³/mol. The summed E-state index contributed by atoms with van der Waals surface area (Å²) in [6.07, 6.45) is 1.56. The zero-order valence-corrected chi connectivity index (χ0v) is 18.3. The van der Waals surface area contributed by atoms with E-state index in [1.807, 2.05) is 23.1 Å². The minimum Gasteiger partial charge on any atom is -0.468 e. The first-order valence-electron chi connectivity index (χ1n) is 9.73. The van der Waals surface area contributed by atoms with Gasteiger partial charge in [0.05, 0.1) is 24.2 Å². The van der Waals surface area contributed by atoms with Gasteiger partial charge in [0.15, 0.2) is 0 Å². The lowest BCUT2D eigenvalue weighted by molar-refractivity contribution is -0.117. The minimum absolute atomic E-state index is 0.0253. The first kappa shape index (κ1) is 23.2. The van der Waals surface area contributed by atoms with Crippen LogP contribution < -0.4 is 15.8 Å². The van der Waals surface area contributed by atoms with E-state index >= 15 is 0 Å². The average molecular weight is 457 g/mol. The molecule has 1 heterocycles. The molecule has 168 valence electrons. The van der Waals surface area contributed by atoms with Crippen LogP contribution in [0.25, 0.3) is 0 Å². The average Bonchev–Trinajstić information content (AvgIpc) is 3.26. The van der Waals surface area contributed by atoms with Gasteiger partial charge in [-0.15, -0.1) is 0 Å². The Kier molecular flexibility index (Phi) is 7.41. The second-order valence-corrected chi connectivity index (χ2v) is 8.68. The van der Waals surface area contributed by atoms with E-state index in [1.54, 1.807) is 37.6 Å². The van der Waals surface area contributed by atoms with E-state index in [4.69, 9.17) is 9.56 Å². The van der Waals surface area contributed by atoms with Crippen molar-refractivity contribution in [2.75, 3.05) is 18.9 Å². The molecule has 0 saturated carbocycles. The van der Waals surface area contributed by atoms with Gasteiger partial charge in [0, 0.05) is 24.8 Å². The third-order valence-electron chi connectivity index (χ3n) is 4.62. The van der Waals surface area contributed by atoms with E-state index in [2.05, 4.69) is 10.6 Å². The molecule has 3 aromatic rings. The Bertz CT molecular complexity index is 1180. The fraction of sp³-hybridized carbons (Fsp3) is 0.182. The zero-order valence-electron chi connectivity index (χ0n) is 17.4. The van der Waals surface area contributed by atoms with Crippen molar-refractivity contribution < 1.29 is 22.4 Å². The third-order valence-corrected chi connectivity index (χ3v) is 5.53. The summed E-state index contributed by atoms with van der Waals surface area (Å²) < 4.78 is 28.5. The molecule has 0 unspecified atom stereocenters. The number of sulfonamides is 1. The van der Waals surface area contributed by atoms with E-state index in [-0.39, 0.29) is 23.3 Å². The summed E-state index contributed by atoms with van der Waals surface area (Å²) in [6.45, 7) is 0.839. The normalized spacial score (nSPS) is 11.3. The SMILES string of the molecule is CNC(=O)c1ccc(CN(CC(=O)Nc2cccc(S(N)(=O)=O)c2)Cc2ccco2)cc1. The molecule has 0 bridgehead atoms. The van der Waals surface area contributed by atoms with Gasteiger partial charge < -0.3 is 15.1 Å². The van der Waals surface area contributed by atoms with Crippen LogP contribution in [0.5, 0.6) is 0 Å². The number of nitrogens with zero attached hydrogens (tertiary/aromatic N) is 1. The molecule has 3 rings (SSSR count). The molecule has 0 saturated heterocycles. The number of hydrogen-bond donors (Lipinski definition) is 3. The number of furan rings is 1. The number of primary sulfonamides is 1. The molecule has 0 aliphatic heterocycles. The van der Waals surface area contributed by atoms with E-state index in [0.717, 1.165) is 5.56 Å². The maximum Gasteiger partial charge on any atom is 0.251 e. The van der Waals surface area contributed by atoms with E-state index in [1.165, 1.54) is 18.2 Å². The number of anilines is 1. The summed E-state index contributed by atoms with van der Waals surface area (Å²) in [4.78, 5) is 26.2. The van der Waals surface area contributed by atoms with Crippen LogP contribution in [0.1, 0.15) is 21.7 Å². The van der Waals surface area contributed by atoms with Gasteiger partial charge in [0.1, 0.15) is 5.76 Å². The number of hydrogen-bond acceptors (Lipinski definition) is 6. The standard InChI is InChI=1S/C22H24N4O5S/c1-24-22(28)17-9-7-16(8-10-17)13-26(14-19-5-3-11-31-19)15-21(27)25-18-4-2-6-20(12-18)32(23,29)30/h2-12H,13-15H2,1H3,(H,24,28)(H,25,27)(H2,23,29,30). The molecule has 32 heavy (non-hydrogen) atoms. The molecule has 0 aliphatic carbocycles. The Balaban J connectivity index is 1.71. The lowest BCUT2D eigenvalue weighted by Crippen LogP contribution is -2.32. The highest BCUT2D eigenvalue weighted by Crippen LogP contribution is 2.15. The first-order chi connectivity index (χ1) is 15.2. The maximum atomic E-state index is 12.7. The summed E-state index contributed by atoms with van der Waals surface area (Å²) in [6, 6.07) is 16.4. The van der Waals surface area contributed by atoms with Crippen LogP contribution in [-0.4, -0.2) is 38.7 Å². The lowest BCUT2D eigenvalue weighted by Gasteiger charge is -2.21. The number of rotatable bonds is 9. The summed E-state index contributed by atoms with van der Waals surface area (Å²) in [5, 5.41) is 10.4. The predicted octanol–water partition coefficient (Wildman–Crippen LogP) is 1.93. The Morgan fingerprint density at radius 3 is 2.41 bits per heavy atom. The topological polar surface area (TPSA) is 135 Å². The number of nitrogens with two attached hydrogens (primary N) is 1. The minimum atomic E-state index is -3.87. The van der Waals surface area contributed by atoms with Crippen LogP contribution in [0.15, 0.2) is 76.2 Å². The van der Waals surface area contributed by atoms with Gasteiger partial charge in [0.2, 0.25) is 15.9 Å². The highest BCUT2D eigenvalue weighted by molar-refractivity contribution is 7.89. The van der Waals surface area contributed by atoms with Crippen LogP contribution in [0, 0.1) is 0 Å². The highest BCUT2D eigenvalue weighted by atomic mass is 32.2. The highest BCUT2D eigenvalue weighted by Gasteiger charge is 2.15. The summed E-state index contributed by atoms with van der Waals surface area (Å²) in [7, 11) is -2.31. The van der Waals surface area contributed by atoms with Crippen molar-refractivity contribution in [3.63, 3.8) is 0 Å². The van der Waals surface area contributed by atoms with Crippen LogP contribution in [-0.2, 0) is 27.9 Å². The first-order valence-corrected chi connectivity index (χ1v) is 11.3. The monoisotopic (exact) mass is 456 g/mol. The molecule has 0 atom stereocenters. The number of amides is 2. The number of carbonyl (C=O) groups is 2. The molecule has 0 fully saturated rings. The third kappa shape index (κ3) is 6.51. The second kappa shape index (κ2) is 10.2. The quantitative estimate of drug-likeness (QED) is 0.450. The summed E-state index contributed by atoms with van der Waals surface area (Å²) in [5.74, 6) is 0.186. The molecular weight excluding hydrogens is 432 g/mol. The summed E-state index contributed by atoms with van der Waals surface area (Å²) >= 11 is 0. The molecule has 2 amide bonds. The van der Waals surface area contributed by atoms with Crippen molar-refractivity contribution in [1.82, 2.24) is 10.2 Å². The smallest absolute Gasteiger partial charge is 0.251 e. The van der Waals surface area contributed by atoms with Crippen molar-refractivity contribution in [3.05, 3.63) is 83.8 Å². The number of benzene rings is 2. The molecular formula is C22H24N4O5S. The van der Waals surface area contributed by atoms with Crippen molar-refractivity contribution in [3.8, 4) is 0 Å². The molecule has 4 N–H and O–H groups in total. The van der Waals surface area contributed by atoms with Gasteiger partial charge >= 0.3 is 0 Å². The van der Waals surface area contributed by atoms with Gasteiger partial charge in [-0.1, -0.05) is 18.2 Å². The largest absolute Gasteiger partial charge is 0.468 e. The Morgan fingerprint density at radius 1 is 1.03 bits per heavy atom. The molecule has 10 heteroatoms. The van der Waals surface area contributed by atoms with E-state index < -0.39 is 10.0 Å². The fourth-order valence-electron chi connectivity index (χ4n) is 3.11. The van der Waals surface area contributed by atoms with Gasteiger partial charge in [-0.05, 0) is 48.0 Å². The Morgan fingerprint density at radius 2 is 1.78 bits per heavy atom. The fourth-order valence-corrected chi connectivity index (χ4v) is 3.67. The van der Waals surface area contributed by atoms with E-state index in [9.17, 15) is 18.0 Å². The lowest BCUT2D eigenvalue weighted by atomic mass is 10.1. The van der Waals surface area contributed by atoms with Crippen molar-refractivity contribution in [1.29, 1.82) is 0 Å². The Hall–Kier alpha value is -3.47. The maximum absolute atomic E-state index is 12.7. The molecule has 0 aliphatic rings. The second-order valence-electron chi connectivity index (χ2n) is 7.12. The van der Waals surface area contributed by atoms with Crippen LogP contribution in [0.4, 0.5) is 5.69 Å². The van der Waals surface area contributed by atoms with Crippen LogP contribution in [0.2, 0.25) is 0 Å².